The van der Waals surface area contributed by atoms with Crippen LogP contribution in [0.2, 0.25) is 0 Å². The number of benzene rings is 2. The van der Waals surface area contributed by atoms with Crippen LogP contribution in [-0.4, -0.2) is 23.2 Å². The van der Waals surface area contributed by atoms with Crippen LogP contribution < -0.4 is 10.6 Å². The lowest BCUT2D eigenvalue weighted by molar-refractivity contribution is 0.102. The lowest BCUT2D eigenvalue weighted by Crippen LogP contribution is -2.14. The van der Waals surface area contributed by atoms with Gasteiger partial charge in [0.05, 0.1) is 12.2 Å². The van der Waals surface area contributed by atoms with Gasteiger partial charge in [0, 0.05) is 28.5 Å². The Bertz CT molecular complexity index is 976. The van der Waals surface area contributed by atoms with Crippen LogP contribution >= 0.6 is 0 Å². The standard InChI is InChI=1S/C22H23N3O3/c1-4-28-22(27)24-18-12-10-17(11-13-18)23-21(26)20-14-15(2)25(16(20)3)19-8-6-5-7-9-19/h5-14H,4H2,1-3H3,(H,23,26)(H,24,27). The van der Waals surface area contributed by atoms with Crippen LogP contribution in [0.5, 0.6) is 0 Å². The van der Waals surface area contributed by atoms with E-state index in [1.807, 2.05) is 50.2 Å². The third-order valence-corrected chi connectivity index (χ3v) is 4.35. The summed E-state index contributed by atoms with van der Waals surface area (Å²) in [5, 5.41) is 5.52. The molecule has 6 heteroatoms. The molecule has 2 aromatic carbocycles. The number of para-hydroxylation sites is 1. The molecule has 0 atom stereocenters. The quantitative estimate of drug-likeness (QED) is 0.663. The summed E-state index contributed by atoms with van der Waals surface area (Å²) in [5.41, 5.74) is 4.74. The monoisotopic (exact) mass is 377 g/mol. The normalized spacial score (nSPS) is 10.4. The van der Waals surface area contributed by atoms with Crippen molar-refractivity contribution in [1.29, 1.82) is 0 Å². The van der Waals surface area contributed by atoms with E-state index in [0.717, 1.165) is 17.1 Å². The van der Waals surface area contributed by atoms with Crippen LogP contribution in [-0.2, 0) is 4.74 Å². The smallest absolute Gasteiger partial charge is 0.411 e. The Morgan fingerprint density at radius 1 is 0.929 bits per heavy atom. The zero-order chi connectivity index (χ0) is 20.1. The summed E-state index contributed by atoms with van der Waals surface area (Å²) in [4.78, 5) is 24.2. The molecular weight excluding hydrogens is 354 g/mol. The largest absolute Gasteiger partial charge is 0.450 e. The van der Waals surface area contributed by atoms with Gasteiger partial charge in [0.25, 0.3) is 5.91 Å². The molecule has 1 aromatic heterocycles. The lowest BCUT2D eigenvalue weighted by Gasteiger charge is -2.10. The number of hydrogen-bond acceptors (Lipinski definition) is 3. The van der Waals surface area contributed by atoms with E-state index in [0.29, 0.717) is 23.5 Å². The summed E-state index contributed by atoms with van der Waals surface area (Å²) < 4.78 is 6.90. The summed E-state index contributed by atoms with van der Waals surface area (Å²) in [5.74, 6) is -0.179. The number of carbonyl (C=O) groups excluding carboxylic acids is 2. The number of rotatable bonds is 5. The van der Waals surface area contributed by atoms with Crippen molar-refractivity contribution in [2.45, 2.75) is 20.8 Å². The molecule has 0 bridgehead atoms. The first-order valence-electron chi connectivity index (χ1n) is 9.09. The van der Waals surface area contributed by atoms with Crippen LogP contribution in [0, 0.1) is 13.8 Å². The molecule has 0 spiro atoms. The molecule has 0 aliphatic heterocycles. The zero-order valence-electron chi connectivity index (χ0n) is 16.2. The fourth-order valence-electron chi connectivity index (χ4n) is 3.09. The van der Waals surface area contributed by atoms with Crippen molar-refractivity contribution in [2.24, 2.45) is 0 Å². The van der Waals surface area contributed by atoms with Gasteiger partial charge in [-0.15, -0.1) is 0 Å². The second-order valence-electron chi connectivity index (χ2n) is 6.33. The maximum Gasteiger partial charge on any atom is 0.411 e. The first kappa shape index (κ1) is 19.2. The Morgan fingerprint density at radius 3 is 2.14 bits per heavy atom. The molecule has 2 amide bonds. The van der Waals surface area contributed by atoms with Gasteiger partial charge in [0.1, 0.15) is 0 Å². The van der Waals surface area contributed by atoms with Gasteiger partial charge in [-0.2, -0.15) is 0 Å². The van der Waals surface area contributed by atoms with E-state index < -0.39 is 6.09 Å². The highest BCUT2D eigenvalue weighted by atomic mass is 16.5. The summed E-state index contributed by atoms with van der Waals surface area (Å²) in [6.07, 6.45) is -0.507. The fourth-order valence-corrected chi connectivity index (χ4v) is 3.09. The molecular formula is C22H23N3O3. The number of aromatic nitrogens is 1. The third kappa shape index (κ3) is 4.23. The van der Waals surface area contributed by atoms with Gasteiger partial charge in [-0.05, 0) is 63.2 Å². The Labute approximate surface area is 164 Å². The Kier molecular flexibility index (Phi) is 5.79. The Hall–Kier alpha value is -3.54. The van der Waals surface area contributed by atoms with Crippen LogP contribution in [0.3, 0.4) is 0 Å². The molecule has 3 aromatic rings. The second kappa shape index (κ2) is 8.43. The number of hydrogen-bond donors (Lipinski definition) is 2. The van der Waals surface area contributed by atoms with Gasteiger partial charge in [-0.1, -0.05) is 18.2 Å². The minimum absolute atomic E-state index is 0.179. The van der Waals surface area contributed by atoms with E-state index in [4.69, 9.17) is 4.74 Å². The van der Waals surface area contributed by atoms with Crippen LogP contribution in [0.25, 0.3) is 5.69 Å². The summed E-state index contributed by atoms with van der Waals surface area (Å²) in [6, 6.07) is 18.7. The fraction of sp³-hybridized carbons (Fsp3) is 0.182. The highest BCUT2D eigenvalue weighted by Crippen LogP contribution is 2.22. The van der Waals surface area contributed by atoms with Crippen molar-refractivity contribution in [2.75, 3.05) is 17.2 Å². The third-order valence-electron chi connectivity index (χ3n) is 4.35. The second-order valence-corrected chi connectivity index (χ2v) is 6.33. The predicted octanol–water partition coefficient (Wildman–Crippen LogP) is 4.91. The van der Waals surface area contributed by atoms with E-state index in [9.17, 15) is 9.59 Å². The highest BCUT2D eigenvalue weighted by Gasteiger charge is 2.16. The first-order valence-corrected chi connectivity index (χ1v) is 9.09. The summed E-state index contributed by atoms with van der Waals surface area (Å²) in [7, 11) is 0. The van der Waals surface area contributed by atoms with E-state index in [1.54, 1.807) is 31.2 Å². The van der Waals surface area contributed by atoms with E-state index in [2.05, 4.69) is 15.2 Å². The average Bonchev–Trinajstić information content (AvgIpc) is 2.98. The molecule has 0 unspecified atom stereocenters. The van der Waals surface area contributed by atoms with Crippen molar-refractivity contribution in [1.82, 2.24) is 4.57 Å². The number of aryl methyl sites for hydroxylation is 1. The minimum Gasteiger partial charge on any atom is -0.450 e. The molecule has 0 radical (unpaired) electrons. The molecule has 6 nitrogen and oxygen atoms in total. The van der Waals surface area contributed by atoms with Crippen LogP contribution in [0.1, 0.15) is 28.7 Å². The molecule has 3 rings (SSSR count). The van der Waals surface area contributed by atoms with Gasteiger partial charge in [0.15, 0.2) is 0 Å². The number of nitrogens with one attached hydrogen (secondary N) is 2. The minimum atomic E-state index is -0.507. The van der Waals surface area contributed by atoms with Gasteiger partial charge in [-0.25, -0.2) is 4.79 Å². The molecule has 0 aliphatic carbocycles. The van der Waals surface area contributed by atoms with Crippen molar-refractivity contribution >= 4 is 23.4 Å². The van der Waals surface area contributed by atoms with Gasteiger partial charge in [0.2, 0.25) is 0 Å². The number of anilines is 2. The zero-order valence-corrected chi connectivity index (χ0v) is 16.2. The highest BCUT2D eigenvalue weighted by molar-refractivity contribution is 6.05. The SMILES string of the molecule is CCOC(=O)Nc1ccc(NC(=O)c2cc(C)n(-c3ccccc3)c2C)cc1. The molecule has 144 valence electrons. The molecule has 28 heavy (non-hydrogen) atoms. The van der Waals surface area contributed by atoms with Gasteiger partial charge >= 0.3 is 6.09 Å². The molecule has 0 saturated carbocycles. The molecule has 1 heterocycles. The average molecular weight is 377 g/mol. The summed E-state index contributed by atoms with van der Waals surface area (Å²) in [6.45, 7) is 5.96. The number of ether oxygens (including phenoxy) is 1. The van der Waals surface area contributed by atoms with E-state index in [-0.39, 0.29) is 5.91 Å². The van der Waals surface area contributed by atoms with Crippen LogP contribution in [0.4, 0.5) is 16.2 Å². The number of nitrogens with zero attached hydrogens (tertiary/aromatic N) is 1. The maximum atomic E-state index is 12.8. The lowest BCUT2D eigenvalue weighted by atomic mass is 10.2. The predicted molar refractivity (Wildman–Crippen MR) is 110 cm³/mol. The van der Waals surface area contributed by atoms with Crippen molar-refractivity contribution in [3.8, 4) is 5.69 Å². The van der Waals surface area contributed by atoms with Gasteiger partial charge < -0.3 is 14.6 Å². The molecule has 0 aliphatic rings. The number of amides is 2. The van der Waals surface area contributed by atoms with Gasteiger partial charge in [-0.3, -0.25) is 10.1 Å². The van der Waals surface area contributed by atoms with E-state index >= 15 is 0 Å². The molecule has 0 saturated heterocycles. The summed E-state index contributed by atoms with van der Waals surface area (Å²) >= 11 is 0. The Balaban J connectivity index is 1.74. The molecule has 0 fully saturated rings. The van der Waals surface area contributed by atoms with Crippen molar-refractivity contribution in [3.63, 3.8) is 0 Å². The van der Waals surface area contributed by atoms with Crippen molar-refractivity contribution in [3.05, 3.63) is 77.6 Å². The Morgan fingerprint density at radius 2 is 1.54 bits per heavy atom. The van der Waals surface area contributed by atoms with E-state index in [1.165, 1.54) is 0 Å². The topological polar surface area (TPSA) is 72.4 Å². The van der Waals surface area contributed by atoms with Crippen LogP contribution in [0.15, 0.2) is 60.7 Å². The number of carbonyl (C=O) groups is 2. The maximum absolute atomic E-state index is 12.8. The first-order chi connectivity index (χ1) is 13.5. The van der Waals surface area contributed by atoms with Crippen molar-refractivity contribution < 1.29 is 14.3 Å². The molecule has 2 N–H and O–H groups in total.